The smallest absolute Gasteiger partial charge is 0.352 e. The van der Waals surface area contributed by atoms with Gasteiger partial charge in [0.05, 0.1) is 0 Å². The van der Waals surface area contributed by atoms with Crippen molar-refractivity contribution in [2.75, 3.05) is 13.1 Å². The number of alkyl halides is 3. The molecule has 2 N–H and O–H groups in total. The van der Waals surface area contributed by atoms with Gasteiger partial charge in [-0.15, -0.1) is 0 Å². The number of rotatable bonds is 2. The van der Waals surface area contributed by atoms with E-state index in [1.54, 1.807) is 0 Å². The third kappa shape index (κ3) is 2.39. The van der Waals surface area contributed by atoms with Gasteiger partial charge in [0.15, 0.2) is 5.41 Å². The molecule has 2 atom stereocenters. The van der Waals surface area contributed by atoms with Gasteiger partial charge in [-0.05, 0) is 32.2 Å². The fraction of sp³-hybridized carbons (Fsp3) is 0.750. The van der Waals surface area contributed by atoms with Crippen LogP contribution in [-0.2, 0) is 4.79 Å². The van der Waals surface area contributed by atoms with Crippen LogP contribution in [0.4, 0.5) is 13.2 Å². The molecule has 3 nitrogen and oxygen atoms in total. The van der Waals surface area contributed by atoms with Crippen molar-refractivity contribution in [2.45, 2.75) is 37.9 Å². The van der Waals surface area contributed by atoms with Crippen LogP contribution in [0.3, 0.4) is 0 Å². The lowest BCUT2D eigenvalue weighted by molar-refractivity contribution is -0.216. The van der Waals surface area contributed by atoms with Gasteiger partial charge in [0.2, 0.25) is 5.91 Å². The van der Waals surface area contributed by atoms with Gasteiger partial charge in [-0.2, -0.15) is 13.2 Å². The molecule has 0 saturated carbocycles. The maximum atomic E-state index is 13.1. The molecule has 6 heteroatoms. The second kappa shape index (κ2) is 4.91. The summed E-state index contributed by atoms with van der Waals surface area (Å²) in [6.07, 6.45) is 1.36. The molecule has 0 radical (unpaired) electrons. The highest BCUT2D eigenvalue weighted by Gasteiger charge is 2.61. The summed E-state index contributed by atoms with van der Waals surface area (Å²) in [5.41, 5.74) is -2.24. The number of carbonyl (C=O) groups is 1. The van der Waals surface area contributed by atoms with Crippen LogP contribution in [0.5, 0.6) is 0 Å². The van der Waals surface area contributed by atoms with E-state index < -0.39 is 17.5 Å². The first-order chi connectivity index (χ1) is 8.46. The Kier molecular flexibility index (Phi) is 3.66. The van der Waals surface area contributed by atoms with Crippen molar-refractivity contribution in [2.24, 2.45) is 5.41 Å². The summed E-state index contributed by atoms with van der Waals surface area (Å²) in [7, 11) is 0. The van der Waals surface area contributed by atoms with E-state index in [1.165, 1.54) is 0 Å². The van der Waals surface area contributed by atoms with E-state index in [0.29, 0.717) is 12.8 Å². The van der Waals surface area contributed by atoms with Crippen molar-refractivity contribution in [3.63, 3.8) is 0 Å². The molecule has 18 heavy (non-hydrogen) atoms. The van der Waals surface area contributed by atoms with Gasteiger partial charge < -0.3 is 10.6 Å². The Balaban J connectivity index is 2.07. The number of amides is 1. The molecule has 1 fully saturated rings. The first-order valence-corrected chi connectivity index (χ1v) is 6.19. The van der Waals surface area contributed by atoms with E-state index in [-0.39, 0.29) is 25.6 Å². The van der Waals surface area contributed by atoms with Gasteiger partial charge >= 0.3 is 6.18 Å². The lowest BCUT2D eigenvalue weighted by Gasteiger charge is -2.31. The Hall–Kier alpha value is -1.04. The lowest BCUT2D eigenvalue weighted by atomic mass is 9.84. The summed E-state index contributed by atoms with van der Waals surface area (Å²) in [4.78, 5) is 12.0. The molecule has 1 aliphatic carbocycles. The van der Waals surface area contributed by atoms with E-state index in [4.69, 9.17) is 0 Å². The molecule has 0 aromatic carbocycles. The third-order valence-corrected chi connectivity index (χ3v) is 3.74. The predicted octanol–water partition coefficient (Wildman–Crippen LogP) is 1.75. The Morgan fingerprint density at radius 2 is 2.17 bits per heavy atom. The minimum Gasteiger partial charge on any atom is -0.352 e. The minimum atomic E-state index is -4.49. The molecule has 0 spiro atoms. The number of halogens is 3. The fourth-order valence-electron chi connectivity index (χ4n) is 2.50. The van der Waals surface area contributed by atoms with Crippen LogP contribution in [0.2, 0.25) is 0 Å². The normalized spacial score (nSPS) is 32.5. The molecule has 102 valence electrons. The molecule has 0 bridgehead atoms. The molecule has 2 rings (SSSR count). The third-order valence-electron chi connectivity index (χ3n) is 3.74. The number of carbonyl (C=O) groups excluding carboxylic acids is 1. The molecule has 1 heterocycles. The topological polar surface area (TPSA) is 41.1 Å². The lowest BCUT2D eigenvalue weighted by Crippen LogP contribution is -2.54. The van der Waals surface area contributed by atoms with Crippen molar-refractivity contribution in [3.05, 3.63) is 12.2 Å². The second-order valence-corrected chi connectivity index (χ2v) is 4.96. The first-order valence-electron chi connectivity index (χ1n) is 6.19. The van der Waals surface area contributed by atoms with E-state index in [0.717, 1.165) is 6.42 Å². The van der Waals surface area contributed by atoms with Gasteiger partial charge in [0.25, 0.3) is 0 Å². The van der Waals surface area contributed by atoms with E-state index in [2.05, 4.69) is 10.6 Å². The van der Waals surface area contributed by atoms with Gasteiger partial charge in [-0.25, -0.2) is 0 Å². The summed E-state index contributed by atoms with van der Waals surface area (Å²) < 4.78 is 39.3. The zero-order valence-corrected chi connectivity index (χ0v) is 10.0. The Bertz CT molecular complexity index is 346. The predicted molar refractivity (Wildman–Crippen MR) is 60.9 cm³/mol. The molecule has 0 aromatic heterocycles. The molecular weight excluding hydrogens is 245 g/mol. The van der Waals surface area contributed by atoms with Gasteiger partial charge in [-0.1, -0.05) is 12.2 Å². The van der Waals surface area contributed by atoms with Crippen LogP contribution in [-0.4, -0.2) is 31.2 Å². The monoisotopic (exact) mass is 262 g/mol. The van der Waals surface area contributed by atoms with Crippen LogP contribution in [0, 0.1) is 5.41 Å². The van der Waals surface area contributed by atoms with Crippen molar-refractivity contribution in [1.29, 1.82) is 0 Å². The molecule has 2 aliphatic rings. The van der Waals surface area contributed by atoms with E-state index in [9.17, 15) is 18.0 Å². The second-order valence-electron chi connectivity index (χ2n) is 4.96. The molecule has 2 unspecified atom stereocenters. The Morgan fingerprint density at radius 1 is 1.39 bits per heavy atom. The number of hydrogen-bond acceptors (Lipinski definition) is 2. The van der Waals surface area contributed by atoms with Crippen molar-refractivity contribution in [3.8, 4) is 0 Å². The summed E-state index contributed by atoms with van der Waals surface area (Å²) in [6, 6.07) is -0.165. The number of hydrogen-bond donors (Lipinski definition) is 2. The van der Waals surface area contributed by atoms with Crippen LogP contribution >= 0.6 is 0 Å². The summed E-state index contributed by atoms with van der Waals surface area (Å²) in [6.45, 7) is -0.0810. The van der Waals surface area contributed by atoms with Gasteiger partial charge in [-0.3, -0.25) is 4.79 Å². The van der Waals surface area contributed by atoms with Crippen LogP contribution in [0.1, 0.15) is 25.7 Å². The number of nitrogens with one attached hydrogen (secondary N) is 2. The van der Waals surface area contributed by atoms with Crippen molar-refractivity contribution in [1.82, 2.24) is 10.6 Å². The minimum absolute atomic E-state index is 0.165. The van der Waals surface area contributed by atoms with Gasteiger partial charge in [0.1, 0.15) is 0 Å². The average Bonchev–Trinajstić information content (AvgIpc) is 2.80. The fourth-order valence-corrected chi connectivity index (χ4v) is 2.50. The van der Waals surface area contributed by atoms with Crippen molar-refractivity contribution >= 4 is 5.91 Å². The van der Waals surface area contributed by atoms with E-state index >= 15 is 0 Å². The summed E-state index contributed by atoms with van der Waals surface area (Å²) >= 11 is 0. The quantitative estimate of drug-likeness (QED) is 0.744. The molecule has 0 aromatic rings. The number of allylic oxidation sites excluding steroid dienone is 1. The summed E-state index contributed by atoms with van der Waals surface area (Å²) in [5, 5.41) is 5.20. The highest BCUT2D eigenvalue weighted by Crippen LogP contribution is 2.43. The SMILES string of the molecule is O=C(NC1CC=CCC1)C1(C(F)(F)F)CCNC1. The maximum Gasteiger partial charge on any atom is 0.404 e. The average molecular weight is 262 g/mol. The maximum absolute atomic E-state index is 13.1. The standard InChI is InChI=1S/C12H17F3N2O/c13-12(14,15)11(6-7-16-8-11)10(18)17-9-4-2-1-3-5-9/h1-2,9,16H,3-8H2,(H,17,18). The molecule has 1 amide bonds. The van der Waals surface area contributed by atoms with E-state index in [1.807, 2.05) is 12.2 Å². The highest BCUT2D eigenvalue weighted by atomic mass is 19.4. The van der Waals surface area contributed by atoms with Gasteiger partial charge in [0, 0.05) is 12.6 Å². The molecule has 1 saturated heterocycles. The van der Waals surface area contributed by atoms with Crippen LogP contribution < -0.4 is 10.6 Å². The Morgan fingerprint density at radius 3 is 2.67 bits per heavy atom. The van der Waals surface area contributed by atoms with Crippen LogP contribution in [0.25, 0.3) is 0 Å². The molecular formula is C12H17F3N2O. The molecule has 1 aliphatic heterocycles. The first kappa shape index (κ1) is 13.4. The largest absolute Gasteiger partial charge is 0.404 e. The Labute approximate surface area is 104 Å². The zero-order valence-electron chi connectivity index (χ0n) is 10.0. The van der Waals surface area contributed by atoms with Crippen molar-refractivity contribution < 1.29 is 18.0 Å². The summed E-state index contributed by atoms with van der Waals surface area (Å²) in [5.74, 6) is -0.875. The van der Waals surface area contributed by atoms with Crippen LogP contribution in [0.15, 0.2) is 12.2 Å². The highest BCUT2D eigenvalue weighted by molar-refractivity contribution is 5.84. The zero-order chi connectivity index (χ0) is 13.2.